The van der Waals surface area contributed by atoms with Crippen LogP contribution in [0.3, 0.4) is 0 Å². The summed E-state index contributed by atoms with van der Waals surface area (Å²) < 4.78 is 4.40. The lowest BCUT2D eigenvalue weighted by molar-refractivity contribution is -0.142. The third kappa shape index (κ3) is 8.68. The number of hydrogen-bond acceptors (Lipinski definition) is 3. The lowest BCUT2D eigenvalue weighted by Crippen LogP contribution is -2.24. The summed E-state index contributed by atoms with van der Waals surface area (Å²) in [5.41, 5.74) is 0. The second-order valence-corrected chi connectivity index (χ2v) is 1.53. The van der Waals surface area contributed by atoms with Crippen molar-refractivity contribution in [3.05, 3.63) is 12.7 Å². The van der Waals surface area contributed by atoms with Gasteiger partial charge in [-0.15, -0.1) is 0 Å². The largest absolute Gasteiger partial charge is 0.445 e. The maximum atomic E-state index is 10.4. The molecule has 4 nitrogen and oxygen atoms in total. The van der Waals surface area contributed by atoms with Crippen molar-refractivity contribution in [2.24, 2.45) is 0 Å². The zero-order valence-electron chi connectivity index (χ0n) is 5.72. The SMILES string of the molecule is C.C=CC(=O)NCOC(C)=O. The first-order valence-corrected chi connectivity index (χ1v) is 2.70. The smallest absolute Gasteiger partial charge is 0.304 e. The maximum Gasteiger partial charge on any atom is 0.304 e. The predicted molar refractivity (Wildman–Crippen MR) is 41.7 cm³/mol. The van der Waals surface area contributed by atoms with Crippen LogP contribution in [0.25, 0.3) is 0 Å². The van der Waals surface area contributed by atoms with Crippen LogP contribution in [0.2, 0.25) is 0 Å². The number of amides is 1. The van der Waals surface area contributed by atoms with Crippen molar-refractivity contribution >= 4 is 11.9 Å². The molecule has 0 aromatic rings. The molecule has 1 N–H and O–H groups in total. The molecule has 0 saturated heterocycles. The van der Waals surface area contributed by atoms with Gasteiger partial charge in [0.05, 0.1) is 0 Å². The number of nitrogens with one attached hydrogen (secondary N) is 1. The fraction of sp³-hybridized carbons (Fsp3) is 0.429. The topological polar surface area (TPSA) is 55.4 Å². The molecule has 0 aliphatic rings. The van der Waals surface area contributed by atoms with Gasteiger partial charge in [-0.3, -0.25) is 9.59 Å². The fourth-order valence-corrected chi connectivity index (χ4v) is 0.281. The molecule has 0 aliphatic heterocycles. The maximum absolute atomic E-state index is 10.4. The van der Waals surface area contributed by atoms with E-state index in [2.05, 4.69) is 16.6 Å². The van der Waals surface area contributed by atoms with E-state index in [-0.39, 0.29) is 20.1 Å². The Labute approximate surface area is 66.2 Å². The summed E-state index contributed by atoms with van der Waals surface area (Å²) in [6.07, 6.45) is 1.10. The van der Waals surface area contributed by atoms with E-state index in [4.69, 9.17) is 0 Å². The summed E-state index contributed by atoms with van der Waals surface area (Å²) >= 11 is 0. The first-order valence-electron chi connectivity index (χ1n) is 2.70. The Bertz CT molecular complexity index is 154. The van der Waals surface area contributed by atoms with Crippen molar-refractivity contribution in [3.63, 3.8) is 0 Å². The fourth-order valence-electron chi connectivity index (χ4n) is 0.281. The minimum atomic E-state index is -0.427. The molecule has 64 valence electrons. The number of carbonyl (C=O) groups excluding carboxylic acids is 2. The number of esters is 1. The number of ether oxygens (including phenoxy) is 1. The van der Waals surface area contributed by atoms with E-state index in [0.717, 1.165) is 6.08 Å². The van der Waals surface area contributed by atoms with Gasteiger partial charge in [0.1, 0.15) is 0 Å². The van der Waals surface area contributed by atoms with Gasteiger partial charge in [-0.25, -0.2) is 0 Å². The molecule has 1 amide bonds. The molecule has 0 saturated carbocycles. The molecule has 0 fully saturated rings. The third-order valence-corrected chi connectivity index (χ3v) is 0.707. The molecule has 0 unspecified atom stereocenters. The molecular formula is C7H13NO3. The predicted octanol–water partition coefficient (Wildman–Crippen LogP) is 0.445. The van der Waals surface area contributed by atoms with Crippen molar-refractivity contribution < 1.29 is 14.3 Å². The highest BCUT2D eigenvalue weighted by atomic mass is 16.5. The Morgan fingerprint density at radius 2 is 2.18 bits per heavy atom. The average Bonchev–Trinajstić information content (AvgIpc) is 1.87. The first kappa shape index (κ1) is 12.4. The zero-order valence-corrected chi connectivity index (χ0v) is 5.72. The first-order chi connectivity index (χ1) is 4.66. The summed E-state index contributed by atoms with van der Waals surface area (Å²) in [6.45, 7) is 4.37. The summed E-state index contributed by atoms with van der Waals surface area (Å²) in [7, 11) is 0. The lowest BCUT2D eigenvalue weighted by Gasteiger charge is -2.00. The minimum absolute atomic E-state index is 0. The van der Waals surface area contributed by atoms with E-state index >= 15 is 0 Å². The molecule has 0 aliphatic carbocycles. The molecule has 0 aromatic carbocycles. The van der Waals surface area contributed by atoms with Crippen molar-refractivity contribution in [3.8, 4) is 0 Å². The highest BCUT2D eigenvalue weighted by molar-refractivity contribution is 5.86. The molecule has 0 bridgehead atoms. The van der Waals surface area contributed by atoms with Crippen LogP contribution in [0, 0.1) is 0 Å². The summed E-state index contributed by atoms with van der Waals surface area (Å²) in [5, 5.41) is 2.26. The normalized spacial score (nSPS) is 7.36. The Morgan fingerprint density at radius 1 is 1.64 bits per heavy atom. The van der Waals surface area contributed by atoms with Crippen molar-refractivity contribution in [2.45, 2.75) is 14.4 Å². The van der Waals surface area contributed by atoms with Gasteiger partial charge in [-0.05, 0) is 6.08 Å². The summed E-state index contributed by atoms with van der Waals surface area (Å²) in [4.78, 5) is 20.5. The number of carbonyl (C=O) groups is 2. The van der Waals surface area contributed by atoms with Crippen LogP contribution in [-0.4, -0.2) is 18.6 Å². The summed E-state index contributed by atoms with van der Waals surface area (Å²) in [5.74, 6) is -0.786. The van der Waals surface area contributed by atoms with Gasteiger partial charge in [0.25, 0.3) is 0 Å². The van der Waals surface area contributed by atoms with E-state index in [1.165, 1.54) is 6.92 Å². The van der Waals surface area contributed by atoms with Gasteiger partial charge in [0, 0.05) is 6.92 Å². The van der Waals surface area contributed by atoms with Crippen LogP contribution in [0.1, 0.15) is 14.4 Å². The van der Waals surface area contributed by atoms with Crippen LogP contribution >= 0.6 is 0 Å². The van der Waals surface area contributed by atoms with Gasteiger partial charge in [-0.2, -0.15) is 0 Å². The van der Waals surface area contributed by atoms with E-state index in [9.17, 15) is 9.59 Å². The molecule has 11 heavy (non-hydrogen) atoms. The van der Waals surface area contributed by atoms with E-state index in [1.54, 1.807) is 0 Å². The van der Waals surface area contributed by atoms with Gasteiger partial charge in [-0.1, -0.05) is 14.0 Å². The van der Waals surface area contributed by atoms with Crippen LogP contribution in [0.4, 0.5) is 0 Å². The molecule has 0 radical (unpaired) electrons. The van der Waals surface area contributed by atoms with Gasteiger partial charge in [0.15, 0.2) is 6.73 Å². The molecule has 0 spiro atoms. The quantitative estimate of drug-likeness (QED) is 0.369. The van der Waals surface area contributed by atoms with Gasteiger partial charge < -0.3 is 10.1 Å². The Hall–Kier alpha value is -1.32. The van der Waals surface area contributed by atoms with Crippen LogP contribution in [0.5, 0.6) is 0 Å². The Morgan fingerprint density at radius 3 is 2.55 bits per heavy atom. The monoisotopic (exact) mass is 159 g/mol. The van der Waals surface area contributed by atoms with Crippen molar-refractivity contribution in [1.82, 2.24) is 5.32 Å². The number of rotatable bonds is 3. The lowest BCUT2D eigenvalue weighted by atomic mass is 10.6. The highest BCUT2D eigenvalue weighted by Gasteiger charge is 1.93. The second kappa shape index (κ2) is 6.80. The van der Waals surface area contributed by atoms with Gasteiger partial charge >= 0.3 is 5.97 Å². The molecule has 0 rings (SSSR count). The standard InChI is InChI=1S/C6H9NO3.CH4/c1-3-6(9)7-4-10-5(2)8;/h3H,1,4H2,2H3,(H,7,9);1H4. The zero-order chi connectivity index (χ0) is 7.98. The molecule has 0 heterocycles. The van der Waals surface area contributed by atoms with Crippen LogP contribution in [-0.2, 0) is 14.3 Å². The third-order valence-electron chi connectivity index (χ3n) is 0.707. The van der Waals surface area contributed by atoms with E-state index < -0.39 is 5.97 Å². The van der Waals surface area contributed by atoms with E-state index in [1.807, 2.05) is 0 Å². The Kier molecular flexibility index (Phi) is 7.64. The van der Waals surface area contributed by atoms with Gasteiger partial charge in [0.2, 0.25) is 5.91 Å². The molecule has 0 aromatic heterocycles. The van der Waals surface area contributed by atoms with Crippen LogP contribution < -0.4 is 5.32 Å². The minimum Gasteiger partial charge on any atom is -0.445 e. The second-order valence-electron chi connectivity index (χ2n) is 1.53. The Balaban J connectivity index is 0. The molecule has 0 atom stereocenters. The average molecular weight is 159 g/mol. The summed E-state index contributed by atoms with van der Waals surface area (Å²) in [6, 6.07) is 0. The molecular weight excluding hydrogens is 146 g/mol. The van der Waals surface area contributed by atoms with Crippen molar-refractivity contribution in [2.75, 3.05) is 6.73 Å². The molecule has 4 heteroatoms. The van der Waals surface area contributed by atoms with Crippen molar-refractivity contribution in [1.29, 1.82) is 0 Å². The highest BCUT2D eigenvalue weighted by Crippen LogP contribution is 1.72. The van der Waals surface area contributed by atoms with Crippen LogP contribution in [0.15, 0.2) is 12.7 Å². The number of hydrogen-bond donors (Lipinski definition) is 1. The van der Waals surface area contributed by atoms with E-state index in [0.29, 0.717) is 0 Å².